The number of hydrogen-bond acceptors (Lipinski definition) is 4. The molecule has 124 valence electrons. The summed E-state index contributed by atoms with van der Waals surface area (Å²) in [5.74, 6) is 0.132. The van der Waals surface area contributed by atoms with Crippen molar-refractivity contribution in [2.24, 2.45) is 5.41 Å². The standard InChI is InChI=1S/C15H19F3O3S/c1-4-14(2,3)13(19)21-10-9-20-11-5-7-12(8-6-11)22-15(16,17)18/h5-8H,4,9-10H2,1-3H3. The first kappa shape index (κ1) is 18.7. The van der Waals surface area contributed by atoms with E-state index in [-0.39, 0.29) is 35.8 Å². The van der Waals surface area contributed by atoms with Gasteiger partial charge in [-0.05, 0) is 56.3 Å². The first-order chi connectivity index (χ1) is 10.1. The van der Waals surface area contributed by atoms with Crippen LogP contribution in [-0.4, -0.2) is 24.7 Å². The molecule has 1 aromatic rings. The van der Waals surface area contributed by atoms with Crippen LogP contribution in [-0.2, 0) is 9.53 Å². The number of esters is 1. The first-order valence-corrected chi connectivity index (χ1v) is 7.61. The molecule has 0 amide bonds. The Morgan fingerprint density at radius 1 is 1.14 bits per heavy atom. The van der Waals surface area contributed by atoms with E-state index in [4.69, 9.17) is 9.47 Å². The van der Waals surface area contributed by atoms with E-state index in [1.54, 1.807) is 13.8 Å². The molecule has 0 aliphatic carbocycles. The Kier molecular flexibility index (Phi) is 6.59. The molecular weight excluding hydrogens is 317 g/mol. The van der Waals surface area contributed by atoms with E-state index in [0.29, 0.717) is 12.2 Å². The van der Waals surface area contributed by atoms with Crippen molar-refractivity contribution in [2.45, 2.75) is 37.6 Å². The van der Waals surface area contributed by atoms with Gasteiger partial charge >= 0.3 is 11.5 Å². The highest BCUT2D eigenvalue weighted by Crippen LogP contribution is 2.37. The summed E-state index contributed by atoms with van der Waals surface area (Å²) in [6.07, 6.45) is 0.672. The molecule has 1 aromatic carbocycles. The third kappa shape index (κ3) is 6.60. The first-order valence-electron chi connectivity index (χ1n) is 6.80. The molecule has 0 heterocycles. The Hall–Kier alpha value is -1.37. The topological polar surface area (TPSA) is 35.5 Å². The minimum Gasteiger partial charge on any atom is -0.490 e. The second-order valence-corrected chi connectivity index (χ2v) is 6.38. The van der Waals surface area contributed by atoms with Gasteiger partial charge in [-0.2, -0.15) is 13.2 Å². The van der Waals surface area contributed by atoms with Crippen molar-refractivity contribution in [3.05, 3.63) is 24.3 Å². The average molecular weight is 336 g/mol. The smallest absolute Gasteiger partial charge is 0.446 e. The molecule has 1 rings (SSSR count). The predicted octanol–water partition coefficient (Wildman–Crippen LogP) is 4.66. The highest BCUT2D eigenvalue weighted by molar-refractivity contribution is 8.00. The van der Waals surface area contributed by atoms with Gasteiger partial charge in [-0.3, -0.25) is 4.79 Å². The minimum atomic E-state index is -4.30. The van der Waals surface area contributed by atoms with E-state index in [2.05, 4.69) is 0 Å². The van der Waals surface area contributed by atoms with Crippen LogP contribution in [0.3, 0.4) is 0 Å². The summed E-state index contributed by atoms with van der Waals surface area (Å²) in [4.78, 5) is 11.8. The number of carbonyl (C=O) groups is 1. The van der Waals surface area contributed by atoms with Crippen molar-refractivity contribution < 1.29 is 27.4 Å². The molecule has 0 atom stereocenters. The number of thioether (sulfide) groups is 1. The number of carbonyl (C=O) groups excluding carboxylic acids is 1. The highest BCUT2D eigenvalue weighted by atomic mass is 32.2. The molecule has 3 nitrogen and oxygen atoms in total. The van der Waals surface area contributed by atoms with Crippen molar-refractivity contribution in [1.82, 2.24) is 0 Å². The molecule has 0 N–H and O–H groups in total. The van der Waals surface area contributed by atoms with Gasteiger partial charge in [0.1, 0.15) is 19.0 Å². The Bertz CT molecular complexity index is 484. The molecule has 0 unspecified atom stereocenters. The fraction of sp³-hybridized carbons (Fsp3) is 0.533. The van der Waals surface area contributed by atoms with E-state index in [1.807, 2.05) is 6.92 Å². The Labute approximate surface area is 132 Å². The maximum atomic E-state index is 12.2. The number of rotatable bonds is 7. The molecule has 0 radical (unpaired) electrons. The van der Waals surface area contributed by atoms with Crippen molar-refractivity contribution in [3.8, 4) is 5.75 Å². The summed E-state index contributed by atoms with van der Waals surface area (Å²) in [5.41, 5.74) is -4.83. The normalized spacial score (nSPS) is 12.1. The van der Waals surface area contributed by atoms with Crippen LogP contribution in [0.5, 0.6) is 5.75 Å². The van der Waals surface area contributed by atoms with Gasteiger partial charge in [-0.1, -0.05) is 6.92 Å². The van der Waals surface area contributed by atoms with Crippen LogP contribution >= 0.6 is 11.8 Å². The van der Waals surface area contributed by atoms with Crippen LogP contribution in [0, 0.1) is 5.41 Å². The van der Waals surface area contributed by atoms with Gasteiger partial charge < -0.3 is 9.47 Å². The molecule has 0 saturated carbocycles. The summed E-state index contributed by atoms with van der Waals surface area (Å²) in [6.45, 7) is 5.75. The summed E-state index contributed by atoms with van der Waals surface area (Å²) in [7, 11) is 0. The monoisotopic (exact) mass is 336 g/mol. The fourth-order valence-corrected chi connectivity index (χ4v) is 1.91. The molecule has 7 heteroatoms. The number of benzene rings is 1. The Morgan fingerprint density at radius 2 is 1.73 bits per heavy atom. The summed E-state index contributed by atoms with van der Waals surface area (Å²) in [6, 6.07) is 5.57. The van der Waals surface area contributed by atoms with Gasteiger partial charge in [-0.25, -0.2) is 0 Å². The zero-order valence-electron chi connectivity index (χ0n) is 12.7. The molecule has 0 spiro atoms. The zero-order valence-corrected chi connectivity index (χ0v) is 13.5. The third-order valence-corrected chi connectivity index (χ3v) is 3.82. The number of hydrogen-bond donors (Lipinski definition) is 0. The number of halogens is 3. The molecule has 0 aliphatic rings. The van der Waals surface area contributed by atoms with Gasteiger partial charge in [0.25, 0.3) is 0 Å². The van der Waals surface area contributed by atoms with Crippen molar-refractivity contribution >= 4 is 17.7 Å². The average Bonchev–Trinajstić information content (AvgIpc) is 2.43. The van der Waals surface area contributed by atoms with Crippen molar-refractivity contribution in [3.63, 3.8) is 0 Å². The quantitative estimate of drug-likeness (QED) is 0.412. The fourth-order valence-electron chi connectivity index (χ4n) is 1.37. The third-order valence-electron chi connectivity index (χ3n) is 3.08. The van der Waals surface area contributed by atoms with Crippen LogP contribution in [0.25, 0.3) is 0 Å². The Morgan fingerprint density at radius 3 is 2.23 bits per heavy atom. The predicted molar refractivity (Wildman–Crippen MR) is 78.9 cm³/mol. The lowest BCUT2D eigenvalue weighted by atomic mass is 9.91. The summed E-state index contributed by atoms with van der Waals surface area (Å²) in [5, 5.41) is 0. The second kappa shape index (κ2) is 7.76. The number of ether oxygens (including phenoxy) is 2. The van der Waals surface area contributed by atoms with E-state index in [1.165, 1.54) is 24.3 Å². The molecular formula is C15H19F3O3S. The maximum absolute atomic E-state index is 12.2. The molecule has 0 bridgehead atoms. The van der Waals surface area contributed by atoms with Crippen LogP contribution in [0.4, 0.5) is 13.2 Å². The van der Waals surface area contributed by atoms with Gasteiger partial charge in [0.05, 0.1) is 5.41 Å². The van der Waals surface area contributed by atoms with Gasteiger partial charge in [-0.15, -0.1) is 0 Å². The molecule has 0 saturated heterocycles. The van der Waals surface area contributed by atoms with Crippen LogP contribution in [0.2, 0.25) is 0 Å². The minimum absolute atomic E-state index is 0.0935. The van der Waals surface area contributed by atoms with Gasteiger partial charge in [0.2, 0.25) is 0 Å². The summed E-state index contributed by atoms with van der Waals surface area (Å²) < 4.78 is 46.9. The lowest BCUT2D eigenvalue weighted by molar-refractivity contribution is -0.154. The van der Waals surface area contributed by atoms with Crippen LogP contribution in [0.1, 0.15) is 27.2 Å². The van der Waals surface area contributed by atoms with E-state index < -0.39 is 10.9 Å². The van der Waals surface area contributed by atoms with Crippen molar-refractivity contribution in [1.29, 1.82) is 0 Å². The van der Waals surface area contributed by atoms with Crippen molar-refractivity contribution in [2.75, 3.05) is 13.2 Å². The molecule has 22 heavy (non-hydrogen) atoms. The number of alkyl halides is 3. The van der Waals surface area contributed by atoms with Crippen LogP contribution < -0.4 is 4.74 Å². The lowest BCUT2D eigenvalue weighted by Gasteiger charge is -2.20. The second-order valence-electron chi connectivity index (χ2n) is 5.24. The lowest BCUT2D eigenvalue weighted by Crippen LogP contribution is -2.27. The van der Waals surface area contributed by atoms with E-state index in [9.17, 15) is 18.0 Å². The van der Waals surface area contributed by atoms with Crippen LogP contribution in [0.15, 0.2) is 29.2 Å². The highest BCUT2D eigenvalue weighted by Gasteiger charge is 2.29. The SMILES string of the molecule is CCC(C)(C)C(=O)OCCOc1ccc(SC(F)(F)F)cc1. The molecule has 0 fully saturated rings. The maximum Gasteiger partial charge on any atom is 0.446 e. The van der Waals surface area contributed by atoms with Gasteiger partial charge in [0, 0.05) is 4.90 Å². The van der Waals surface area contributed by atoms with Gasteiger partial charge in [0.15, 0.2) is 0 Å². The Balaban J connectivity index is 2.36. The van der Waals surface area contributed by atoms with E-state index in [0.717, 1.165) is 0 Å². The zero-order chi connectivity index (χ0) is 16.8. The van der Waals surface area contributed by atoms with E-state index >= 15 is 0 Å². The molecule has 0 aliphatic heterocycles. The molecule has 0 aromatic heterocycles. The largest absolute Gasteiger partial charge is 0.490 e. The summed E-state index contributed by atoms with van der Waals surface area (Å²) >= 11 is -0.178.